The first-order valence-corrected chi connectivity index (χ1v) is 16.2. The minimum Gasteiger partial charge on any atom is -0.352 e. The number of amides is 2. The van der Waals surface area contributed by atoms with Gasteiger partial charge in [0.05, 0.1) is 10.6 Å². The number of rotatable bonds is 12. The third kappa shape index (κ3) is 8.06. The van der Waals surface area contributed by atoms with E-state index < -0.39 is 28.5 Å². The highest BCUT2D eigenvalue weighted by atomic mass is 35.5. The van der Waals surface area contributed by atoms with Gasteiger partial charge in [-0.1, -0.05) is 66.9 Å². The van der Waals surface area contributed by atoms with Gasteiger partial charge in [0.1, 0.15) is 12.6 Å². The summed E-state index contributed by atoms with van der Waals surface area (Å²) in [4.78, 5) is 29.1. The Kier molecular flexibility index (Phi) is 11.5. The van der Waals surface area contributed by atoms with Crippen molar-refractivity contribution in [3.63, 3.8) is 0 Å². The van der Waals surface area contributed by atoms with Crippen LogP contribution in [0.5, 0.6) is 0 Å². The molecule has 0 fully saturated rings. The molecule has 0 radical (unpaired) electrons. The summed E-state index contributed by atoms with van der Waals surface area (Å²) in [5.41, 5.74) is 3.43. The first-order valence-electron chi connectivity index (χ1n) is 14.0. The first-order chi connectivity index (χ1) is 19.8. The molecule has 0 saturated heterocycles. The summed E-state index contributed by atoms with van der Waals surface area (Å²) in [5.74, 6) is -0.894. The summed E-state index contributed by atoms with van der Waals surface area (Å²) in [5, 5.41) is 3.65. The fraction of sp³-hybridized carbons (Fsp3) is 0.375. The lowest BCUT2D eigenvalue weighted by molar-refractivity contribution is -0.140. The molecule has 0 aromatic heterocycles. The van der Waals surface area contributed by atoms with Crippen molar-refractivity contribution in [2.75, 3.05) is 10.8 Å². The summed E-state index contributed by atoms with van der Waals surface area (Å²) < 4.78 is 29.3. The fourth-order valence-electron chi connectivity index (χ4n) is 4.68. The molecule has 0 heterocycles. The number of halogens is 2. The Morgan fingerprint density at radius 1 is 0.857 bits per heavy atom. The second-order valence-corrected chi connectivity index (χ2v) is 13.3. The van der Waals surface area contributed by atoms with E-state index in [-0.39, 0.29) is 23.4 Å². The summed E-state index contributed by atoms with van der Waals surface area (Å²) >= 11 is 13.0. The Morgan fingerprint density at radius 2 is 1.43 bits per heavy atom. The average molecular weight is 633 g/mol. The molecular formula is C32H39Cl2N3O4S. The van der Waals surface area contributed by atoms with Gasteiger partial charge in [0.2, 0.25) is 11.8 Å². The van der Waals surface area contributed by atoms with E-state index in [2.05, 4.69) is 5.32 Å². The Morgan fingerprint density at radius 3 is 1.95 bits per heavy atom. The fourth-order valence-corrected chi connectivity index (χ4v) is 6.59. The molecule has 226 valence electrons. The third-order valence-electron chi connectivity index (χ3n) is 7.16. The lowest BCUT2D eigenvalue weighted by Crippen LogP contribution is -2.53. The SMILES string of the molecule is CCC(C)NC(=O)C(CC)N(Cc1c(Cl)cccc1Cl)C(=O)CN(c1cc(C)cc(C)c1)S(=O)(=O)c1ccc(C)cc1. The molecule has 2 unspecified atom stereocenters. The van der Waals surface area contributed by atoms with Gasteiger partial charge in [0.15, 0.2) is 0 Å². The van der Waals surface area contributed by atoms with Gasteiger partial charge in [0, 0.05) is 28.2 Å². The molecule has 1 N–H and O–H groups in total. The number of hydrogen-bond donors (Lipinski definition) is 1. The monoisotopic (exact) mass is 631 g/mol. The molecule has 42 heavy (non-hydrogen) atoms. The Bertz CT molecular complexity index is 1490. The predicted octanol–water partition coefficient (Wildman–Crippen LogP) is 6.84. The Balaban J connectivity index is 2.13. The smallest absolute Gasteiger partial charge is 0.264 e. The zero-order chi connectivity index (χ0) is 31.2. The zero-order valence-corrected chi connectivity index (χ0v) is 27.3. The maximum atomic E-state index is 14.3. The highest BCUT2D eigenvalue weighted by Crippen LogP contribution is 2.29. The lowest BCUT2D eigenvalue weighted by atomic mass is 10.1. The van der Waals surface area contributed by atoms with Crippen LogP contribution in [0.15, 0.2) is 65.6 Å². The molecule has 3 rings (SSSR count). The maximum Gasteiger partial charge on any atom is 0.264 e. The van der Waals surface area contributed by atoms with Crippen LogP contribution >= 0.6 is 23.2 Å². The summed E-state index contributed by atoms with van der Waals surface area (Å²) in [6.45, 7) is 10.6. The van der Waals surface area contributed by atoms with Crippen molar-refractivity contribution in [1.82, 2.24) is 10.2 Å². The van der Waals surface area contributed by atoms with Crippen LogP contribution in [0.2, 0.25) is 10.0 Å². The van der Waals surface area contributed by atoms with E-state index in [4.69, 9.17) is 23.2 Å². The number of aryl methyl sites for hydroxylation is 3. The van der Waals surface area contributed by atoms with Crippen LogP contribution in [-0.2, 0) is 26.2 Å². The maximum absolute atomic E-state index is 14.3. The minimum absolute atomic E-state index is 0.0577. The van der Waals surface area contributed by atoms with Crippen molar-refractivity contribution in [2.24, 2.45) is 0 Å². The normalized spacial score (nSPS) is 12.9. The van der Waals surface area contributed by atoms with Crippen LogP contribution in [0.3, 0.4) is 0 Å². The topological polar surface area (TPSA) is 86.8 Å². The molecule has 0 spiro atoms. The van der Waals surface area contributed by atoms with Crippen molar-refractivity contribution in [3.05, 3.63) is 93.0 Å². The molecule has 7 nitrogen and oxygen atoms in total. The second-order valence-electron chi connectivity index (χ2n) is 10.6. The van der Waals surface area contributed by atoms with Crippen LogP contribution in [0, 0.1) is 20.8 Å². The van der Waals surface area contributed by atoms with Crippen LogP contribution < -0.4 is 9.62 Å². The van der Waals surface area contributed by atoms with E-state index in [9.17, 15) is 18.0 Å². The van der Waals surface area contributed by atoms with Crippen molar-refractivity contribution < 1.29 is 18.0 Å². The zero-order valence-electron chi connectivity index (χ0n) is 24.9. The average Bonchev–Trinajstić information content (AvgIpc) is 2.92. The standard InChI is InChI=1S/C32H39Cl2N3O4S/c1-7-24(6)35-32(39)30(8-2)36(19-27-28(33)10-9-11-29(27)34)31(38)20-37(25-17-22(4)16-23(5)18-25)42(40,41)26-14-12-21(3)13-15-26/h9-18,24,30H,7-8,19-20H2,1-6H3,(H,35,39). The number of benzene rings is 3. The van der Waals surface area contributed by atoms with Crippen molar-refractivity contribution in [2.45, 2.75) is 77.9 Å². The minimum atomic E-state index is -4.16. The summed E-state index contributed by atoms with van der Waals surface area (Å²) in [6.07, 6.45) is 1.01. The van der Waals surface area contributed by atoms with Crippen molar-refractivity contribution >= 4 is 50.7 Å². The van der Waals surface area contributed by atoms with Gasteiger partial charge in [-0.3, -0.25) is 13.9 Å². The molecule has 0 saturated carbocycles. The summed E-state index contributed by atoms with van der Waals surface area (Å²) in [7, 11) is -4.16. The van der Waals surface area contributed by atoms with Gasteiger partial charge in [-0.25, -0.2) is 8.42 Å². The van der Waals surface area contributed by atoms with Crippen LogP contribution in [0.25, 0.3) is 0 Å². The largest absolute Gasteiger partial charge is 0.352 e. The predicted molar refractivity (Wildman–Crippen MR) is 171 cm³/mol. The highest BCUT2D eigenvalue weighted by molar-refractivity contribution is 7.92. The molecule has 0 aliphatic carbocycles. The van der Waals surface area contributed by atoms with Crippen molar-refractivity contribution in [1.29, 1.82) is 0 Å². The third-order valence-corrected chi connectivity index (χ3v) is 9.66. The van der Waals surface area contributed by atoms with E-state index in [1.54, 1.807) is 49.4 Å². The van der Waals surface area contributed by atoms with E-state index in [0.717, 1.165) is 21.0 Å². The number of sulfonamides is 1. The van der Waals surface area contributed by atoms with Gasteiger partial charge in [0.25, 0.3) is 10.0 Å². The second kappa shape index (κ2) is 14.4. The van der Waals surface area contributed by atoms with E-state index in [1.807, 2.05) is 40.7 Å². The van der Waals surface area contributed by atoms with Gasteiger partial charge >= 0.3 is 0 Å². The molecule has 10 heteroatoms. The number of nitrogens with one attached hydrogen (secondary N) is 1. The van der Waals surface area contributed by atoms with E-state index in [0.29, 0.717) is 34.1 Å². The number of carbonyl (C=O) groups is 2. The molecule has 0 aliphatic heterocycles. The van der Waals surface area contributed by atoms with Gasteiger partial charge in [-0.05, 0) is 88.1 Å². The number of anilines is 1. The van der Waals surface area contributed by atoms with Gasteiger partial charge in [-0.2, -0.15) is 0 Å². The number of hydrogen-bond acceptors (Lipinski definition) is 4. The van der Waals surface area contributed by atoms with Crippen LogP contribution in [0.1, 0.15) is 55.9 Å². The molecule has 3 aromatic rings. The summed E-state index contributed by atoms with van der Waals surface area (Å²) in [6, 6.07) is 15.9. The van der Waals surface area contributed by atoms with Crippen LogP contribution in [-0.4, -0.2) is 43.8 Å². The van der Waals surface area contributed by atoms with Gasteiger partial charge in [-0.15, -0.1) is 0 Å². The molecule has 2 amide bonds. The molecule has 3 aromatic carbocycles. The quantitative estimate of drug-likeness (QED) is 0.237. The Labute approximate surface area is 259 Å². The molecule has 0 aliphatic rings. The Hall–Kier alpha value is -3.07. The highest BCUT2D eigenvalue weighted by Gasteiger charge is 2.34. The lowest BCUT2D eigenvalue weighted by Gasteiger charge is -2.34. The first kappa shape index (κ1) is 33.4. The molecule has 0 bridgehead atoms. The molecule has 2 atom stereocenters. The van der Waals surface area contributed by atoms with E-state index in [1.165, 1.54) is 17.0 Å². The van der Waals surface area contributed by atoms with Gasteiger partial charge < -0.3 is 10.2 Å². The van der Waals surface area contributed by atoms with Crippen molar-refractivity contribution in [3.8, 4) is 0 Å². The number of nitrogens with zero attached hydrogens (tertiary/aromatic N) is 2. The molecular weight excluding hydrogens is 593 g/mol. The van der Waals surface area contributed by atoms with Crippen LogP contribution in [0.4, 0.5) is 5.69 Å². The van der Waals surface area contributed by atoms with E-state index >= 15 is 0 Å². The number of carbonyl (C=O) groups excluding carboxylic acids is 2.